The molecule has 6 nitrogen and oxygen atoms in total. The molecule has 0 aromatic heterocycles. The molecule has 1 aromatic carbocycles. The van der Waals surface area contributed by atoms with E-state index in [1.165, 1.54) is 31.7 Å². The summed E-state index contributed by atoms with van der Waals surface area (Å²) in [4.78, 5) is 39.9. The third-order valence-electron chi connectivity index (χ3n) is 5.25. The van der Waals surface area contributed by atoms with Gasteiger partial charge in [-0.05, 0) is 37.0 Å². The van der Waals surface area contributed by atoms with Crippen LogP contribution in [0.15, 0.2) is 24.3 Å². The van der Waals surface area contributed by atoms with Gasteiger partial charge in [-0.2, -0.15) is 0 Å². The molecule has 0 atom stereocenters. The first-order chi connectivity index (χ1) is 12.0. The second-order valence-electron chi connectivity index (χ2n) is 6.97. The van der Waals surface area contributed by atoms with Gasteiger partial charge in [0.05, 0.1) is 0 Å². The van der Waals surface area contributed by atoms with Crippen molar-refractivity contribution in [3.05, 3.63) is 35.4 Å². The van der Waals surface area contributed by atoms with Crippen LogP contribution in [0.2, 0.25) is 0 Å². The van der Waals surface area contributed by atoms with E-state index in [1.807, 2.05) is 4.90 Å². The number of nitrogens with two attached hydrogens (primary N) is 1. The Morgan fingerprint density at radius 1 is 0.960 bits per heavy atom. The molecule has 1 heterocycles. The maximum absolute atomic E-state index is 12.6. The average Bonchev–Trinajstić information content (AvgIpc) is 3.14. The van der Waals surface area contributed by atoms with Crippen LogP contribution in [0.5, 0.6) is 0 Å². The summed E-state index contributed by atoms with van der Waals surface area (Å²) in [6.45, 7) is 2.20. The standard InChI is InChI=1S/C19H25N3O3/c20-18(24)15-6-3-7-16(13-15)19(25)22-10-8-21(9-11-22)17(23)12-14-4-1-2-5-14/h3,6-7,13-14H,1-2,4-5,8-12H2,(H2,20,24). The molecule has 0 radical (unpaired) electrons. The fourth-order valence-electron chi connectivity index (χ4n) is 3.74. The molecule has 6 heteroatoms. The fraction of sp³-hybridized carbons (Fsp3) is 0.526. The van der Waals surface area contributed by atoms with Crippen LogP contribution in [0, 0.1) is 5.92 Å². The number of piperazine rings is 1. The van der Waals surface area contributed by atoms with Gasteiger partial charge < -0.3 is 15.5 Å². The van der Waals surface area contributed by atoms with Gasteiger partial charge in [0.1, 0.15) is 0 Å². The van der Waals surface area contributed by atoms with E-state index in [-0.39, 0.29) is 11.8 Å². The predicted octanol–water partition coefficient (Wildman–Crippen LogP) is 1.65. The molecule has 1 aromatic rings. The zero-order valence-electron chi connectivity index (χ0n) is 14.4. The van der Waals surface area contributed by atoms with E-state index in [0.29, 0.717) is 49.6 Å². The molecule has 1 aliphatic heterocycles. The van der Waals surface area contributed by atoms with Crippen LogP contribution in [-0.4, -0.2) is 53.7 Å². The topological polar surface area (TPSA) is 83.7 Å². The molecule has 0 spiro atoms. The lowest BCUT2D eigenvalue weighted by Gasteiger charge is -2.35. The average molecular weight is 343 g/mol. The molecule has 3 rings (SSSR count). The quantitative estimate of drug-likeness (QED) is 0.902. The van der Waals surface area contributed by atoms with Crippen molar-refractivity contribution in [2.45, 2.75) is 32.1 Å². The summed E-state index contributed by atoms with van der Waals surface area (Å²) in [5, 5.41) is 0. The van der Waals surface area contributed by atoms with Gasteiger partial charge >= 0.3 is 0 Å². The molecule has 2 aliphatic rings. The largest absolute Gasteiger partial charge is 0.366 e. The Hall–Kier alpha value is -2.37. The number of nitrogens with zero attached hydrogens (tertiary/aromatic N) is 2. The van der Waals surface area contributed by atoms with Crippen LogP contribution in [0.3, 0.4) is 0 Å². The fourth-order valence-corrected chi connectivity index (χ4v) is 3.74. The van der Waals surface area contributed by atoms with Crippen LogP contribution >= 0.6 is 0 Å². The predicted molar refractivity (Wildman–Crippen MR) is 94.0 cm³/mol. The Morgan fingerprint density at radius 3 is 2.20 bits per heavy atom. The van der Waals surface area contributed by atoms with Crippen LogP contribution in [-0.2, 0) is 4.79 Å². The first-order valence-corrected chi connectivity index (χ1v) is 9.01. The third-order valence-corrected chi connectivity index (χ3v) is 5.25. The molecule has 134 valence electrons. The highest BCUT2D eigenvalue weighted by Gasteiger charge is 2.27. The van der Waals surface area contributed by atoms with Gasteiger partial charge in [-0.25, -0.2) is 0 Å². The van der Waals surface area contributed by atoms with Crippen molar-refractivity contribution in [2.24, 2.45) is 11.7 Å². The first kappa shape index (κ1) is 17.5. The van der Waals surface area contributed by atoms with Crippen LogP contribution < -0.4 is 5.73 Å². The van der Waals surface area contributed by atoms with E-state index in [9.17, 15) is 14.4 Å². The van der Waals surface area contributed by atoms with E-state index >= 15 is 0 Å². The van der Waals surface area contributed by atoms with Gasteiger partial charge in [-0.1, -0.05) is 18.9 Å². The lowest BCUT2D eigenvalue weighted by Crippen LogP contribution is -2.50. The van der Waals surface area contributed by atoms with E-state index in [1.54, 1.807) is 23.1 Å². The van der Waals surface area contributed by atoms with Crippen molar-refractivity contribution in [1.29, 1.82) is 0 Å². The number of hydrogen-bond donors (Lipinski definition) is 1. The van der Waals surface area contributed by atoms with Crippen LogP contribution in [0.4, 0.5) is 0 Å². The lowest BCUT2D eigenvalue weighted by atomic mass is 10.0. The normalized spacial score (nSPS) is 18.4. The van der Waals surface area contributed by atoms with E-state index in [0.717, 1.165) is 0 Å². The molecule has 0 bridgehead atoms. The molecule has 25 heavy (non-hydrogen) atoms. The van der Waals surface area contributed by atoms with Gasteiger partial charge in [0.25, 0.3) is 5.91 Å². The Balaban J connectivity index is 1.54. The van der Waals surface area contributed by atoms with E-state index < -0.39 is 5.91 Å². The van der Waals surface area contributed by atoms with Gasteiger partial charge in [-0.15, -0.1) is 0 Å². The highest BCUT2D eigenvalue weighted by Crippen LogP contribution is 2.28. The SMILES string of the molecule is NC(=O)c1cccc(C(=O)N2CCN(C(=O)CC3CCCC3)CC2)c1. The van der Waals surface area contributed by atoms with E-state index in [4.69, 9.17) is 5.73 Å². The summed E-state index contributed by atoms with van der Waals surface area (Å²) in [5.41, 5.74) is 6.06. The number of benzene rings is 1. The molecule has 2 N–H and O–H groups in total. The number of hydrogen-bond acceptors (Lipinski definition) is 3. The Bertz CT molecular complexity index is 660. The highest BCUT2D eigenvalue weighted by atomic mass is 16.2. The number of rotatable bonds is 4. The summed E-state index contributed by atoms with van der Waals surface area (Å²) >= 11 is 0. The second-order valence-corrected chi connectivity index (χ2v) is 6.97. The van der Waals surface area contributed by atoms with Gasteiger partial charge in [0.2, 0.25) is 11.8 Å². The molecule has 0 unspecified atom stereocenters. The van der Waals surface area contributed by atoms with Crippen molar-refractivity contribution >= 4 is 17.7 Å². The smallest absolute Gasteiger partial charge is 0.253 e. The molecule has 1 saturated carbocycles. The summed E-state index contributed by atoms with van der Waals surface area (Å²) < 4.78 is 0. The van der Waals surface area contributed by atoms with Crippen molar-refractivity contribution in [3.8, 4) is 0 Å². The Morgan fingerprint density at radius 2 is 1.56 bits per heavy atom. The molecular weight excluding hydrogens is 318 g/mol. The molecule has 3 amide bonds. The number of carbonyl (C=O) groups excluding carboxylic acids is 3. The van der Waals surface area contributed by atoms with Crippen molar-refractivity contribution < 1.29 is 14.4 Å². The van der Waals surface area contributed by atoms with Gasteiger partial charge in [0.15, 0.2) is 0 Å². The first-order valence-electron chi connectivity index (χ1n) is 9.01. The third kappa shape index (κ3) is 4.18. The maximum Gasteiger partial charge on any atom is 0.253 e. The van der Waals surface area contributed by atoms with Crippen molar-refractivity contribution in [1.82, 2.24) is 9.80 Å². The minimum atomic E-state index is -0.544. The van der Waals surface area contributed by atoms with Crippen LogP contribution in [0.1, 0.15) is 52.8 Å². The zero-order chi connectivity index (χ0) is 17.8. The van der Waals surface area contributed by atoms with Gasteiger partial charge in [-0.3, -0.25) is 14.4 Å². The molecule has 1 saturated heterocycles. The van der Waals surface area contributed by atoms with Crippen molar-refractivity contribution in [3.63, 3.8) is 0 Å². The summed E-state index contributed by atoms with van der Waals surface area (Å²) in [7, 11) is 0. The number of amides is 3. The van der Waals surface area contributed by atoms with Crippen LogP contribution in [0.25, 0.3) is 0 Å². The maximum atomic E-state index is 12.6. The minimum absolute atomic E-state index is 0.119. The van der Waals surface area contributed by atoms with E-state index in [2.05, 4.69) is 0 Å². The molecule has 2 fully saturated rings. The monoisotopic (exact) mass is 343 g/mol. The lowest BCUT2D eigenvalue weighted by molar-refractivity contribution is -0.133. The summed E-state index contributed by atoms with van der Waals surface area (Å²) in [6.07, 6.45) is 5.46. The van der Waals surface area contributed by atoms with Gasteiger partial charge in [0, 0.05) is 43.7 Å². The summed E-state index contributed by atoms with van der Waals surface area (Å²) in [6, 6.07) is 6.47. The van der Waals surface area contributed by atoms with Crippen molar-refractivity contribution in [2.75, 3.05) is 26.2 Å². The zero-order valence-corrected chi connectivity index (χ0v) is 14.4. The Kier molecular flexibility index (Phi) is 5.36. The molecule has 1 aliphatic carbocycles. The minimum Gasteiger partial charge on any atom is -0.366 e. The number of carbonyl (C=O) groups is 3. The highest BCUT2D eigenvalue weighted by molar-refractivity contribution is 5.99. The molecular formula is C19H25N3O3. The number of primary amides is 1. The second kappa shape index (κ2) is 7.68. The Labute approximate surface area is 148 Å². The summed E-state index contributed by atoms with van der Waals surface area (Å²) in [5.74, 6) is 0.0985.